The molecule has 25 heavy (non-hydrogen) atoms. The zero-order valence-corrected chi connectivity index (χ0v) is 18.1. The third kappa shape index (κ3) is 17.6. The van der Waals surface area contributed by atoms with Gasteiger partial charge in [-0.15, -0.1) is 0 Å². The predicted molar refractivity (Wildman–Crippen MR) is 101 cm³/mol. The number of hydrogen-bond acceptors (Lipinski definition) is 6. The highest BCUT2D eigenvalue weighted by atomic mass is 28.2. The lowest BCUT2D eigenvalue weighted by Gasteiger charge is -2.22. The van der Waals surface area contributed by atoms with Crippen molar-refractivity contribution in [3.63, 3.8) is 0 Å². The van der Waals surface area contributed by atoms with E-state index < -0.39 is 11.9 Å². The Bertz CT molecular complexity index is 361. The number of carboxylic acids is 1. The van der Waals surface area contributed by atoms with Gasteiger partial charge in [0.15, 0.2) is 0 Å². The molecule has 0 aromatic rings. The van der Waals surface area contributed by atoms with Crippen LogP contribution in [-0.2, 0) is 23.8 Å². The van der Waals surface area contributed by atoms with Crippen LogP contribution in [0.3, 0.4) is 0 Å². The molecule has 0 spiro atoms. The molecular weight excluding hydrogens is 342 g/mol. The van der Waals surface area contributed by atoms with Gasteiger partial charge in [-0.1, -0.05) is 26.8 Å². The number of hydrogen-bond donors (Lipinski definition) is 2. The van der Waals surface area contributed by atoms with Crippen molar-refractivity contribution in [2.45, 2.75) is 71.4 Å². The van der Waals surface area contributed by atoms with Crippen molar-refractivity contribution < 1.29 is 28.9 Å². The number of carboxylic acid groups (broad SMARTS) is 1. The zero-order valence-electron chi connectivity index (χ0n) is 16.7. The third-order valence-corrected chi connectivity index (χ3v) is 5.72. The maximum Gasteiger partial charge on any atom is 0.306 e. The van der Waals surface area contributed by atoms with E-state index in [1.54, 1.807) is 21.1 Å². The molecule has 0 fully saturated rings. The van der Waals surface area contributed by atoms with Crippen LogP contribution in [0.15, 0.2) is 0 Å². The van der Waals surface area contributed by atoms with Crippen molar-refractivity contribution in [3.8, 4) is 0 Å². The molecule has 3 N–H and O–H groups in total. The topological polar surface area (TPSA) is 108 Å². The summed E-state index contributed by atoms with van der Waals surface area (Å²) in [5.41, 5.74) is 5.92. The van der Waals surface area contributed by atoms with Gasteiger partial charge in [0.05, 0.1) is 28.5 Å². The highest BCUT2D eigenvalue weighted by Gasteiger charge is 2.16. The van der Waals surface area contributed by atoms with E-state index in [1.165, 1.54) is 12.5 Å². The van der Waals surface area contributed by atoms with E-state index in [0.29, 0.717) is 0 Å². The molecule has 0 aliphatic carbocycles. The van der Waals surface area contributed by atoms with E-state index >= 15 is 0 Å². The Morgan fingerprint density at radius 3 is 2.16 bits per heavy atom. The Morgan fingerprint density at radius 2 is 1.76 bits per heavy atom. The van der Waals surface area contributed by atoms with Crippen molar-refractivity contribution in [1.29, 1.82) is 0 Å². The summed E-state index contributed by atoms with van der Waals surface area (Å²) in [4.78, 5) is 20.9. The van der Waals surface area contributed by atoms with Gasteiger partial charge < -0.3 is 25.1 Å². The van der Waals surface area contributed by atoms with Crippen molar-refractivity contribution in [2.75, 3.05) is 20.8 Å². The third-order valence-electron chi connectivity index (χ3n) is 3.82. The summed E-state index contributed by atoms with van der Waals surface area (Å²) in [5, 5.41) is 8.25. The first kappa shape index (κ1) is 26.3. The van der Waals surface area contributed by atoms with E-state index in [2.05, 4.69) is 13.8 Å². The normalized spacial score (nSPS) is 12.8. The molecular formula is C17H37NO6Si. The molecule has 1 atom stereocenters. The number of ether oxygens (including phenoxy) is 3. The molecule has 150 valence electrons. The van der Waals surface area contributed by atoms with Crippen molar-refractivity contribution >= 4 is 21.5 Å². The molecule has 0 amide bonds. The fraction of sp³-hybridized carbons (Fsp3) is 0.882. The quantitative estimate of drug-likeness (QED) is 0.302. The molecule has 0 aliphatic rings. The summed E-state index contributed by atoms with van der Waals surface area (Å²) in [6.45, 7) is 8.84. The van der Waals surface area contributed by atoms with Crippen LogP contribution >= 0.6 is 0 Å². The Kier molecular flexibility index (Phi) is 16.1. The summed E-state index contributed by atoms with van der Waals surface area (Å²) in [5.74, 6) is -1.34. The van der Waals surface area contributed by atoms with Gasteiger partial charge in [-0.05, 0) is 31.7 Å². The van der Waals surface area contributed by atoms with Crippen molar-refractivity contribution in [2.24, 2.45) is 11.1 Å². The molecule has 7 nitrogen and oxygen atoms in total. The highest BCUT2D eigenvalue weighted by molar-refractivity contribution is 6.36. The van der Waals surface area contributed by atoms with E-state index in [0.717, 1.165) is 13.0 Å². The lowest BCUT2D eigenvalue weighted by Crippen LogP contribution is -2.26. The maximum absolute atomic E-state index is 10.8. The fourth-order valence-electron chi connectivity index (χ4n) is 1.76. The van der Waals surface area contributed by atoms with Crippen LogP contribution in [0, 0.1) is 5.41 Å². The lowest BCUT2D eigenvalue weighted by molar-refractivity contribution is -0.151. The zero-order chi connectivity index (χ0) is 19.9. The standard InChI is InChI=1S/C9H23NO2Si.C8H14O4/c1-9(2,7-10)5-6-13-8(11-3)12-4;1-3-6(2)12-8(11)5-4-7(9)10/h8H,5-7,10,13H2,1-4H3;6H,3-5H2,1-2H3,(H,9,10). The second-order valence-electron chi connectivity index (χ2n) is 6.76. The van der Waals surface area contributed by atoms with Crippen LogP contribution in [0.2, 0.25) is 6.04 Å². The maximum atomic E-state index is 10.8. The number of methoxy groups -OCH3 is 2. The van der Waals surface area contributed by atoms with Gasteiger partial charge >= 0.3 is 11.9 Å². The summed E-state index contributed by atoms with van der Waals surface area (Å²) >= 11 is 0. The number of nitrogens with two attached hydrogens (primary N) is 1. The largest absolute Gasteiger partial charge is 0.481 e. The molecule has 0 saturated carbocycles. The van der Waals surface area contributed by atoms with Crippen LogP contribution in [0.1, 0.15) is 53.4 Å². The van der Waals surface area contributed by atoms with E-state index in [1.807, 2.05) is 6.92 Å². The number of aliphatic carboxylic acids is 1. The van der Waals surface area contributed by atoms with Crippen LogP contribution in [-0.4, -0.2) is 59.3 Å². The van der Waals surface area contributed by atoms with Gasteiger partial charge in [-0.3, -0.25) is 9.59 Å². The van der Waals surface area contributed by atoms with E-state index in [4.69, 9.17) is 25.1 Å². The minimum atomic E-state index is -0.976. The SMILES string of the molecule is CCC(C)OC(=O)CCC(=O)O.COC(OC)[SiH2]CCC(C)(C)CN. The van der Waals surface area contributed by atoms with Crippen molar-refractivity contribution in [3.05, 3.63) is 0 Å². The van der Waals surface area contributed by atoms with Gasteiger partial charge in [0.25, 0.3) is 0 Å². The van der Waals surface area contributed by atoms with Crippen LogP contribution in [0.25, 0.3) is 0 Å². The Labute approximate surface area is 154 Å². The second kappa shape index (κ2) is 15.3. The average Bonchev–Trinajstić information content (AvgIpc) is 2.57. The second-order valence-corrected chi connectivity index (χ2v) is 8.72. The molecule has 8 heteroatoms. The Balaban J connectivity index is 0. The summed E-state index contributed by atoms with van der Waals surface area (Å²) < 4.78 is 15.2. The average molecular weight is 380 g/mol. The van der Waals surface area contributed by atoms with E-state index in [-0.39, 0.29) is 39.8 Å². The number of carbonyl (C=O) groups is 2. The van der Waals surface area contributed by atoms with Crippen LogP contribution < -0.4 is 5.73 Å². The minimum absolute atomic E-state index is 0.0420. The van der Waals surface area contributed by atoms with Gasteiger partial charge in [-0.25, -0.2) is 0 Å². The highest BCUT2D eigenvalue weighted by Crippen LogP contribution is 2.20. The van der Waals surface area contributed by atoms with Crippen LogP contribution in [0.4, 0.5) is 0 Å². The van der Waals surface area contributed by atoms with Crippen molar-refractivity contribution in [1.82, 2.24) is 0 Å². The summed E-state index contributed by atoms with van der Waals surface area (Å²) in [6, 6.07) is 1.23. The minimum Gasteiger partial charge on any atom is -0.481 e. The molecule has 1 unspecified atom stereocenters. The molecule has 0 radical (unpaired) electrons. The van der Waals surface area contributed by atoms with Gasteiger partial charge in [0.1, 0.15) is 5.91 Å². The molecule has 0 rings (SSSR count). The predicted octanol–water partition coefficient (Wildman–Crippen LogP) is 1.72. The van der Waals surface area contributed by atoms with Gasteiger partial charge in [0, 0.05) is 14.2 Å². The Hall–Kier alpha value is -0.963. The van der Waals surface area contributed by atoms with Gasteiger partial charge in [-0.2, -0.15) is 0 Å². The molecule has 0 saturated heterocycles. The summed E-state index contributed by atoms with van der Waals surface area (Å²) in [6.07, 6.45) is 1.61. The monoisotopic (exact) mass is 379 g/mol. The van der Waals surface area contributed by atoms with E-state index in [9.17, 15) is 9.59 Å². The molecule has 0 aliphatic heterocycles. The molecule has 0 bridgehead atoms. The first-order valence-electron chi connectivity index (χ1n) is 8.78. The first-order chi connectivity index (χ1) is 11.6. The molecule has 0 heterocycles. The first-order valence-corrected chi connectivity index (χ1v) is 10.6. The fourth-order valence-corrected chi connectivity index (χ4v) is 3.72. The van der Waals surface area contributed by atoms with Crippen LogP contribution in [0.5, 0.6) is 0 Å². The smallest absolute Gasteiger partial charge is 0.306 e. The number of rotatable bonds is 12. The molecule has 0 aromatic carbocycles. The summed E-state index contributed by atoms with van der Waals surface area (Å²) in [7, 11) is 3.14. The van der Waals surface area contributed by atoms with Gasteiger partial charge in [0.2, 0.25) is 0 Å². The lowest BCUT2D eigenvalue weighted by atomic mass is 9.91. The number of carbonyl (C=O) groups excluding carboxylic acids is 1. The number of esters is 1. The molecule has 0 aromatic heterocycles. The Morgan fingerprint density at radius 1 is 1.20 bits per heavy atom.